The molecule has 0 atom stereocenters. The number of halogens is 1. The fourth-order valence-corrected chi connectivity index (χ4v) is 2.18. The monoisotopic (exact) mass is 305 g/mol. The molecule has 6 heteroatoms. The fraction of sp³-hybridized carbons (Fsp3) is 0.267. The molecule has 1 N–H and O–H groups in total. The lowest BCUT2D eigenvalue weighted by Gasteiger charge is -2.22. The minimum atomic E-state index is -1.13. The van der Waals surface area contributed by atoms with Gasteiger partial charge in [-0.1, -0.05) is 17.7 Å². The first kappa shape index (κ1) is 15.3. The highest BCUT2D eigenvalue weighted by Crippen LogP contribution is 2.20. The molecule has 5 nitrogen and oxygen atoms in total. The molecule has 0 aliphatic carbocycles. The number of rotatable bonds is 5. The average molecular weight is 306 g/mol. The molecule has 2 rings (SSSR count). The summed E-state index contributed by atoms with van der Waals surface area (Å²) in [5.41, 5.74) is 1.72. The Kier molecular flexibility index (Phi) is 4.75. The fourth-order valence-electron chi connectivity index (χ4n) is 2.00. The van der Waals surface area contributed by atoms with E-state index in [9.17, 15) is 4.79 Å². The topological polar surface area (TPSA) is 66.3 Å². The molecule has 0 aliphatic rings. The van der Waals surface area contributed by atoms with Crippen molar-refractivity contribution >= 4 is 23.4 Å². The minimum Gasteiger partial charge on any atom is -0.476 e. The molecule has 0 fully saturated rings. The molecule has 0 aliphatic heterocycles. The van der Waals surface area contributed by atoms with Gasteiger partial charge in [-0.15, -0.1) is 0 Å². The Hall–Kier alpha value is -2.14. The van der Waals surface area contributed by atoms with E-state index >= 15 is 0 Å². The second kappa shape index (κ2) is 6.54. The van der Waals surface area contributed by atoms with Crippen LogP contribution in [0.3, 0.4) is 0 Å². The smallest absolute Gasteiger partial charge is 0.356 e. The van der Waals surface area contributed by atoms with E-state index in [0.29, 0.717) is 18.9 Å². The summed E-state index contributed by atoms with van der Waals surface area (Å²) in [7, 11) is 0. The highest BCUT2D eigenvalue weighted by Gasteiger charge is 2.15. The summed E-state index contributed by atoms with van der Waals surface area (Å²) < 4.78 is 0. The second-order valence-electron chi connectivity index (χ2n) is 4.59. The van der Waals surface area contributed by atoms with Crippen LogP contribution in [0.25, 0.3) is 0 Å². The highest BCUT2D eigenvalue weighted by atomic mass is 35.5. The quantitative estimate of drug-likeness (QED) is 0.919. The maximum atomic E-state index is 11.1. The van der Waals surface area contributed by atoms with Crippen molar-refractivity contribution in [1.82, 2.24) is 9.97 Å². The van der Waals surface area contributed by atoms with Crippen molar-refractivity contribution in [3.63, 3.8) is 0 Å². The van der Waals surface area contributed by atoms with Crippen LogP contribution in [-0.2, 0) is 6.54 Å². The third-order valence-corrected chi connectivity index (χ3v) is 3.34. The van der Waals surface area contributed by atoms with Crippen LogP contribution in [0.4, 0.5) is 5.82 Å². The summed E-state index contributed by atoms with van der Waals surface area (Å²) >= 11 is 5.85. The van der Waals surface area contributed by atoms with Crippen molar-refractivity contribution in [2.75, 3.05) is 11.4 Å². The summed E-state index contributed by atoms with van der Waals surface area (Å²) in [4.78, 5) is 21.6. The number of nitrogens with zero attached hydrogens (tertiary/aromatic N) is 3. The van der Waals surface area contributed by atoms with Gasteiger partial charge in [0.05, 0.1) is 17.3 Å². The van der Waals surface area contributed by atoms with Crippen LogP contribution in [0.15, 0.2) is 30.3 Å². The van der Waals surface area contributed by atoms with Crippen molar-refractivity contribution in [2.45, 2.75) is 20.4 Å². The maximum Gasteiger partial charge on any atom is 0.356 e. The minimum absolute atomic E-state index is 0.134. The summed E-state index contributed by atoms with van der Waals surface area (Å²) in [6.45, 7) is 5.16. The lowest BCUT2D eigenvalue weighted by molar-refractivity contribution is 0.0691. The van der Waals surface area contributed by atoms with Crippen molar-refractivity contribution in [1.29, 1.82) is 0 Å². The van der Waals surface area contributed by atoms with E-state index < -0.39 is 5.97 Å². The third-order valence-electron chi connectivity index (χ3n) is 3.04. The molecular formula is C15H16ClN3O2. The third kappa shape index (κ3) is 3.70. The predicted octanol–water partition coefficient (Wildman–Crippen LogP) is 3.16. The van der Waals surface area contributed by atoms with Gasteiger partial charge in [-0.25, -0.2) is 9.78 Å². The number of aromatic carboxylic acids is 1. The Labute approximate surface area is 128 Å². The molecule has 21 heavy (non-hydrogen) atoms. The van der Waals surface area contributed by atoms with Gasteiger partial charge in [0.15, 0.2) is 5.69 Å². The molecule has 0 bridgehead atoms. The Balaban J connectivity index is 2.29. The number of aryl methyl sites for hydroxylation is 1. The van der Waals surface area contributed by atoms with Crippen molar-refractivity contribution in [3.8, 4) is 0 Å². The van der Waals surface area contributed by atoms with Crippen LogP contribution in [0.1, 0.15) is 28.8 Å². The van der Waals surface area contributed by atoms with E-state index in [-0.39, 0.29) is 10.7 Å². The predicted molar refractivity (Wildman–Crippen MR) is 81.9 cm³/mol. The number of anilines is 1. The summed E-state index contributed by atoms with van der Waals surface area (Å²) in [5.74, 6) is -0.561. The number of hydrogen-bond acceptors (Lipinski definition) is 4. The Bertz CT molecular complexity index is 661. The van der Waals surface area contributed by atoms with Gasteiger partial charge in [0.2, 0.25) is 0 Å². The van der Waals surface area contributed by atoms with Crippen molar-refractivity contribution < 1.29 is 9.90 Å². The number of carboxylic acid groups (broad SMARTS) is 1. The molecule has 110 valence electrons. The first-order valence-corrected chi connectivity index (χ1v) is 6.96. The maximum absolute atomic E-state index is 11.1. The molecule has 2 aromatic rings. The summed E-state index contributed by atoms with van der Waals surface area (Å²) in [5, 5.41) is 9.23. The molecule has 0 spiro atoms. The van der Waals surface area contributed by atoms with Gasteiger partial charge >= 0.3 is 5.97 Å². The van der Waals surface area contributed by atoms with E-state index in [0.717, 1.165) is 11.4 Å². The van der Waals surface area contributed by atoms with Crippen LogP contribution in [0.5, 0.6) is 0 Å². The molecule has 2 heterocycles. The van der Waals surface area contributed by atoms with Crippen LogP contribution < -0.4 is 4.90 Å². The highest BCUT2D eigenvalue weighted by molar-refractivity contribution is 6.33. The van der Waals surface area contributed by atoms with E-state index in [1.54, 1.807) is 12.1 Å². The first-order valence-electron chi connectivity index (χ1n) is 6.58. The molecule has 2 aromatic heterocycles. The number of hydrogen-bond donors (Lipinski definition) is 1. The van der Waals surface area contributed by atoms with Crippen molar-refractivity contribution in [3.05, 3.63) is 52.4 Å². The average Bonchev–Trinajstić information content (AvgIpc) is 2.45. The molecule has 0 radical (unpaired) electrons. The largest absolute Gasteiger partial charge is 0.476 e. The molecule has 0 unspecified atom stereocenters. The van der Waals surface area contributed by atoms with E-state index in [4.69, 9.17) is 16.7 Å². The Morgan fingerprint density at radius 2 is 2.05 bits per heavy atom. The Morgan fingerprint density at radius 1 is 1.29 bits per heavy atom. The SMILES string of the molecule is CCN(Cc1cccc(C)n1)c1ccc(Cl)c(C(=O)O)n1. The van der Waals surface area contributed by atoms with Crippen LogP contribution in [0.2, 0.25) is 5.02 Å². The first-order chi connectivity index (χ1) is 10.0. The standard InChI is InChI=1S/C15H16ClN3O2/c1-3-19(9-11-6-4-5-10(2)17-11)13-8-7-12(16)14(18-13)15(20)21/h4-8H,3,9H2,1-2H3,(H,20,21). The molecule has 0 saturated heterocycles. The molecule has 0 saturated carbocycles. The number of carbonyl (C=O) groups is 1. The van der Waals surface area contributed by atoms with E-state index in [1.165, 1.54) is 0 Å². The van der Waals surface area contributed by atoms with Gasteiger partial charge in [0.25, 0.3) is 0 Å². The zero-order valence-corrected chi connectivity index (χ0v) is 12.6. The molecule has 0 aromatic carbocycles. The van der Waals surface area contributed by atoms with Gasteiger partial charge in [-0.2, -0.15) is 0 Å². The van der Waals surface area contributed by atoms with Gasteiger partial charge < -0.3 is 10.0 Å². The number of carboxylic acids is 1. The zero-order valence-electron chi connectivity index (χ0n) is 11.9. The van der Waals surface area contributed by atoms with E-state index in [2.05, 4.69) is 9.97 Å². The summed E-state index contributed by atoms with van der Waals surface area (Å²) in [6, 6.07) is 9.09. The van der Waals surface area contributed by atoms with Crippen LogP contribution in [0, 0.1) is 6.92 Å². The van der Waals surface area contributed by atoms with Gasteiger partial charge in [-0.3, -0.25) is 4.98 Å². The number of pyridine rings is 2. The second-order valence-corrected chi connectivity index (χ2v) is 5.00. The van der Waals surface area contributed by atoms with Gasteiger partial charge in [-0.05, 0) is 38.1 Å². The van der Waals surface area contributed by atoms with Crippen molar-refractivity contribution in [2.24, 2.45) is 0 Å². The Morgan fingerprint density at radius 3 is 2.67 bits per heavy atom. The van der Waals surface area contributed by atoms with Crippen LogP contribution >= 0.6 is 11.6 Å². The lowest BCUT2D eigenvalue weighted by atomic mass is 10.2. The molecule has 0 amide bonds. The van der Waals surface area contributed by atoms with Gasteiger partial charge in [0, 0.05) is 12.2 Å². The number of aromatic nitrogens is 2. The van der Waals surface area contributed by atoms with Crippen LogP contribution in [-0.4, -0.2) is 27.6 Å². The van der Waals surface area contributed by atoms with Gasteiger partial charge in [0.1, 0.15) is 5.82 Å². The lowest BCUT2D eigenvalue weighted by Crippen LogP contribution is -2.24. The zero-order chi connectivity index (χ0) is 15.4. The molecular weight excluding hydrogens is 290 g/mol. The normalized spacial score (nSPS) is 10.4. The summed E-state index contributed by atoms with van der Waals surface area (Å²) in [6.07, 6.45) is 0. The van der Waals surface area contributed by atoms with E-state index in [1.807, 2.05) is 36.9 Å².